The number of carboxylic acid groups (broad SMARTS) is 1. The van der Waals surface area contributed by atoms with Crippen molar-refractivity contribution in [2.45, 2.75) is 33.1 Å². The molecule has 4 rings (SSSR count). The molecule has 0 bridgehead atoms. The Morgan fingerprint density at radius 3 is 2.58 bits per heavy atom. The number of ether oxygens (including phenoxy) is 3. The molecule has 0 radical (unpaired) electrons. The zero-order valence-corrected chi connectivity index (χ0v) is 20.8. The highest BCUT2D eigenvalue weighted by molar-refractivity contribution is 6.07. The van der Waals surface area contributed by atoms with Gasteiger partial charge in [-0.05, 0) is 36.1 Å². The zero-order valence-electron chi connectivity index (χ0n) is 20.8. The maximum absolute atomic E-state index is 15.4. The fraction of sp³-hybridized carbons (Fsp3) is 0.308. The van der Waals surface area contributed by atoms with Crippen molar-refractivity contribution in [1.29, 1.82) is 0 Å². The van der Waals surface area contributed by atoms with Crippen molar-refractivity contribution in [3.05, 3.63) is 65.1 Å². The number of carbonyl (C=O) groups is 2. The summed E-state index contributed by atoms with van der Waals surface area (Å²) in [5.74, 6) is -1.50. The van der Waals surface area contributed by atoms with Crippen LogP contribution in [0.4, 0.5) is 35.6 Å². The second-order valence-electron chi connectivity index (χ2n) is 8.44. The van der Waals surface area contributed by atoms with Gasteiger partial charge in [0.1, 0.15) is 13.2 Å². The summed E-state index contributed by atoms with van der Waals surface area (Å²) in [5, 5.41) is 12.5. The quantitative estimate of drug-likeness (QED) is 0.360. The zero-order chi connectivity index (χ0) is 27.2. The van der Waals surface area contributed by atoms with Gasteiger partial charge in [0, 0.05) is 30.9 Å². The maximum Gasteiger partial charge on any atom is 0.425 e. The molecule has 12 heteroatoms. The number of pyridine rings is 2. The molecule has 0 atom stereocenters. The molecule has 0 saturated carbocycles. The Kier molecular flexibility index (Phi) is 8.19. The van der Waals surface area contributed by atoms with E-state index in [4.69, 9.17) is 14.2 Å². The van der Waals surface area contributed by atoms with Crippen molar-refractivity contribution in [3.63, 3.8) is 0 Å². The highest BCUT2D eigenvalue weighted by Gasteiger charge is 2.30. The largest absolute Gasteiger partial charge is 0.486 e. The van der Waals surface area contributed by atoms with Gasteiger partial charge in [-0.15, -0.1) is 0 Å². The van der Waals surface area contributed by atoms with Gasteiger partial charge in [-0.3, -0.25) is 4.98 Å². The maximum atomic E-state index is 15.4. The van der Waals surface area contributed by atoms with Crippen LogP contribution in [0.2, 0.25) is 0 Å². The highest BCUT2D eigenvalue weighted by Crippen LogP contribution is 2.36. The van der Waals surface area contributed by atoms with Crippen molar-refractivity contribution < 1.29 is 37.7 Å². The molecule has 0 spiro atoms. The van der Waals surface area contributed by atoms with E-state index in [-0.39, 0.29) is 29.2 Å². The number of imide groups is 1. The lowest BCUT2D eigenvalue weighted by Crippen LogP contribution is -2.38. The Hall–Kier alpha value is -4.48. The van der Waals surface area contributed by atoms with E-state index in [0.717, 1.165) is 6.42 Å². The van der Waals surface area contributed by atoms with E-state index in [0.29, 0.717) is 47.9 Å². The number of hydrogen-bond donors (Lipinski definition) is 2. The van der Waals surface area contributed by atoms with E-state index in [2.05, 4.69) is 15.3 Å². The van der Waals surface area contributed by atoms with Gasteiger partial charge in [0.25, 0.3) is 0 Å². The normalized spacial score (nSPS) is 12.1. The number of halogens is 2. The fourth-order valence-electron chi connectivity index (χ4n) is 3.77. The molecule has 2 amide bonds. The van der Waals surface area contributed by atoms with Crippen molar-refractivity contribution >= 4 is 29.4 Å². The standard InChI is InChI=1S/C26H26F2N4O6/c1-3-4-7-38-26(35)32(25(33)34)24-23(28)16(5-6-30-24)10-17-13-29-14-20(15(17)2)31-19-12-22-21(11-18(19)27)36-8-9-37-22/h5-6,11-14,31H,3-4,7-10H2,1-2H3,(H,33,34). The van der Waals surface area contributed by atoms with Gasteiger partial charge in [0.2, 0.25) is 0 Å². The van der Waals surface area contributed by atoms with E-state index in [9.17, 15) is 19.1 Å². The number of unbranched alkanes of at least 4 members (excludes halogenated alkanes) is 1. The van der Waals surface area contributed by atoms with Gasteiger partial charge in [-0.1, -0.05) is 13.3 Å². The number of carbonyl (C=O) groups excluding carboxylic acids is 1. The first-order chi connectivity index (χ1) is 18.3. The molecular weight excluding hydrogens is 502 g/mol. The van der Waals surface area contributed by atoms with Gasteiger partial charge in [0.15, 0.2) is 29.0 Å². The first-order valence-electron chi connectivity index (χ1n) is 11.9. The summed E-state index contributed by atoms with van der Waals surface area (Å²) in [6, 6.07) is 4.10. The minimum Gasteiger partial charge on any atom is -0.486 e. The van der Waals surface area contributed by atoms with Crippen LogP contribution in [0.15, 0.2) is 36.8 Å². The molecule has 1 aliphatic rings. The average Bonchev–Trinajstić information content (AvgIpc) is 2.89. The Labute approximate surface area is 217 Å². The molecular formula is C26H26F2N4O6. The van der Waals surface area contributed by atoms with Gasteiger partial charge in [-0.25, -0.2) is 23.4 Å². The van der Waals surface area contributed by atoms with Crippen LogP contribution < -0.4 is 19.7 Å². The van der Waals surface area contributed by atoms with Gasteiger partial charge in [-0.2, -0.15) is 4.90 Å². The Balaban J connectivity index is 1.59. The smallest absolute Gasteiger partial charge is 0.425 e. The molecule has 38 heavy (non-hydrogen) atoms. The predicted octanol–water partition coefficient (Wildman–Crippen LogP) is 5.59. The minimum absolute atomic E-state index is 0.00231. The fourth-order valence-corrected chi connectivity index (χ4v) is 3.77. The molecule has 0 fully saturated rings. The lowest BCUT2D eigenvalue weighted by atomic mass is 10.0. The molecule has 10 nitrogen and oxygen atoms in total. The van der Waals surface area contributed by atoms with Crippen LogP contribution in [0.25, 0.3) is 0 Å². The Morgan fingerprint density at radius 1 is 1.13 bits per heavy atom. The van der Waals surface area contributed by atoms with Gasteiger partial charge >= 0.3 is 12.2 Å². The molecule has 2 N–H and O–H groups in total. The highest BCUT2D eigenvalue weighted by atomic mass is 19.1. The number of fused-ring (bicyclic) bond motifs is 1. The van der Waals surface area contributed by atoms with Crippen molar-refractivity contribution in [3.8, 4) is 11.5 Å². The minimum atomic E-state index is -1.72. The molecule has 2 aromatic heterocycles. The van der Waals surface area contributed by atoms with E-state index in [1.165, 1.54) is 36.8 Å². The molecule has 3 heterocycles. The Bertz CT molecular complexity index is 1350. The second-order valence-corrected chi connectivity index (χ2v) is 8.44. The summed E-state index contributed by atoms with van der Waals surface area (Å²) in [5.41, 5.74) is 1.93. The second kappa shape index (κ2) is 11.7. The van der Waals surface area contributed by atoms with Crippen LogP contribution in [-0.4, -0.2) is 47.1 Å². The summed E-state index contributed by atoms with van der Waals surface area (Å²) < 4.78 is 46.0. The number of rotatable bonds is 8. The summed E-state index contributed by atoms with van der Waals surface area (Å²) in [6.07, 6.45) is 2.53. The number of nitrogens with zero attached hydrogens (tertiary/aromatic N) is 3. The van der Waals surface area contributed by atoms with Gasteiger partial charge in [0.05, 0.1) is 24.2 Å². The number of aromatic nitrogens is 2. The lowest BCUT2D eigenvalue weighted by molar-refractivity contribution is 0.147. The van der Waals surface area contributed by atoms with Crippen LogP contribution in [0.5, 0.6) is 11.5 Å². The van der Waals surface area contributed by atoms with E-state index in [1.807, 2.05) is 6.92 Å². The third-order valence-electron chi connectivity index (χ3n) is 5.86. The third-order valence-corrected chi connectivity index (χ3v) is 5.86. The molecule has 1 aromatic carbocycles. The average molecular weight is 529 g/mol. The molecule has 200 valence electrons. The van der Waals surface area contributed by atoms with E-state index in [1.54, 1.807) is 6.92 Å². The lowest BCUT2D eigenvalue weighted by Gasteiger charge is -2.20. The van der Waals surface area contributed by atoms with Crippen LogP contribution in [0.1, 0.15) is 36.5 Å². The van der Waals surface area contributed by atoms with Crippen molar-refractivity contribution in [1.82, 2.24) is 9.97 Å². The third kappa shape index (κ3) is 5.74. The van der Waals surface area contributed by atoms with Crippen LogP contribution >= 0.6 is 0 Å². The van der Waals surface area contributed by atoms with Crippen LogP contribution in [-0.2, 0) is 11.2 Å². The number of hydrogen-bond acceptors (Lipinski definition) is 8. The molecule has 0 unspecified atom stereocenters. The van der Waals surface area contributed by atoms with Crippen molar-refractivity contribution in [2.75, 3.05) is 30.0 Å². The monoisotopic (exact) mass is 528 g/mol. The molecule has 3 aromatic rings. The number of benzene rings is 1. The SMILES string of the molecule is CCCCOC(=O)N(C(=O)O)c1nccc(Cc2cncc(Nc3cc4c(cc3F)OCCO4)c2C)c1F. The summed E-state index contributed by atoms with van der Waals surface area (Å²) in [6.45, 7) is 4.31. The van der Waals surface area contributed by atoms with Gasteiger partial charge < -0.3 is 24.6 Å². The van der Waals surface area contributed by atoms with E-state index < -0.39 is 29.6 Å². The topological polar surface area (TPSA) is 123 Å². The van der Waals surface area contributed by atoms with Crippen LogP contribution in [0.3, 0.4) is 0 Å². The summed E-state index contributed by atoms with van der Waals surface area (Å²) in [7, 11) is 0. The van der Waals surface area contributed by atoms with E-state index >= 15 is 4.39 Å². The number of nitrogens with one attached hydrogen (secondary N) is 1. The Morgan fingerprint density at radius 2 is 1.87 bits per heavy atom. The first kappa shape index (κ1) is 26.6. The predicted molar refractivity (Wildman–Crippen MR) is 133 cm³/mol. The van der Waals surface area contributed by atoms with Crippen LogP contribution in [0, 0.1) is 18.6 Å². The molecule has 0 saturated heterocycles. The summed E-state index contributed by atoms with van der Waals surface area (Å²) in [4.78, 5) is 32.2. The molecule has 1 aliphatic heterocycles. The number of amides is 2. The van der Waals surface area contributed by atoms with Crippen molar-refractivity contribution in [2.24, 2.45) is 0 Å². The first-order valence-corrected chi connectivity index (χ1v) is 11.9. The molecule has 0 aliphatic carbocycles. The number of anilines is 3. The summed E-state index contributed by atoms with van der Waals surface area (Å²) >= 11 is 0.